The highest BCUT2D eigenvalue weighted by Crippen LogP contribution is 2.24. The van der Waals surface area contributed by atoms with Gasteiger partial charge in [-0.2, -0.15) is 0 Å². The highest BCUT2D eigenvalue weighted by molar-refractivity contribution is 6.32. The summed E-state index contributed by atoms with van der Waals surface area (Å²) in [6.45, 7) is 2.53. The number of pyridine rings is 1. The Morgan fingerprint density at radius 1 is 1.17 bits per heavy atom. The van der Waals surface area contributed by atoms with Gasteiger partial charge in [-0.25, -0.2) is 9.67 Å². The van der Waals surface area contributed by atoms with Crippen molar-refractivity contribution < 1.29 is 9.47 Å². The first-order valence-corrected chi connectivity index (χ1v) is 7.78. The maximum Gasteiger partial charge on any atom is 0.177 e. The summed E-state index contributed by atoms with van der Waals surface area (Å²) in [5, 5.41) is 5.03. The molecule has 3 aromatic rings. The van der Waals surface area contributed by atoms with Gasteiger partial charge >= 0.3 is 0 Å². The minimum Gasteiger partial charge on any atom is -0.484 e. The molecule has 7 heteroatoms. The minimum atomic E-state index is 0.231. The Labute approximate surface area is 145 Å². The lowest BCUT2D eigenvalue weighted by molar-refractivity contribution is 0.177. The molecule has 2 heterocycles. The van der Waals surface area contributed by atoms with E-state index in [9.17, 15) is 0 Å². The molecule has 6 nitrogen and oxygen atoms in total. The molecule has 24 heavy (non-hydrogen) atoms. The van der Waals surface area contributed by atoms with Crippen LogP contribution in [0, 0.1) is 6.92 Å². The maximum atomic E-state index is 6.13. The Kier molecular flexibility index (Phi) is 5.08. The van der Waals surface area contributed by atoms with Gasteiger partial charge in [-0.05, 0) is 30.7 Å². The van der Waals surface area contributed by atoms with Crippen LogP contribution in [0.5, 0.6) is 5.75 Å². The first-order chi connectivity index (χ1) is 11.7. The third kappa shape index (κ3) is 3.72. The zero-order chi connectivity index (χ0) is 16.9. The number of halogens is 1. The van der Waals surface area contributed by atoms with Gasteiger partial charge in [0.15, 0.2) is 11.6 Å². The summed E-state index contributed by atoms with van der Waals surface area (Å²) >= 11 is 6.13. The van der Waals surface area contributed by atoms with Gasteiger partial charge in [0.05, 0.1) is 16.9 Å². The summed E-state index contributed by atoms with van der Waals surface area (Å²) in [7, 11) is 1.61. The highest BCUT2D eigenvalue weighted by Gasteiger charge is 2.13. The van der Waals surface area contributed by atoms with Crippen LogP contribution < -0.4 is 4.74 Å². The van der Waals surface area contributed by atoms with Gasteiger partial charge in [-0.1, -0.05) is 23.7 Å². The van der Waals surface area contributed by atoms with Crippen molar-refractivity contribution in [2.45, 2.75) is 20.1 Å². The van der Waals surface area contributed by atoms with Gasteiger partial charge in [0.2, 0.25) is 0 Å². The number of hydrogen-bond acceptors (Lipinski definition) is 5. The van der Waals surface area contributed by atoms with Crippen LogP contribution >= 0.6 is 11.6 Å². The number of aryl methyl sites for hydroxylation is 1. The zero-order valence-corrected chi connectivity index (χ0v) is 14.2. The SMILES string of the molecule is COCc1nc(COc2ccccc2Cl)n(-c2cncc(C)c2)n1. The van der Waals surface area contributed by atoms with Crippen molar-refractivity contribution in [3.63, 3.8) is 0 Å². The fourth-order valence-corrected chi connectivity index (χ4v) is 2.43. The second kappa shape index (κ2) is 7.42. The van der Waals surface area contributed by atoms with Gasteiger partial charge in [-0.3, -0.25) is 4.98 Å². The summed E-state index contributed by atoms with van der Waals surface area (Å²) in [4.78, 5) is 8.69. The van der Waals surface area contributed by atoms with E-state index in [2.05, 4.69) is 15.1 Å². The predicted molar refractivity (Wildman–Crippen MR) is 90.4 cm³/mol. The van der Waals surface area contributed by atoms with E-state index in [1.54, 1.807) is 30.3 Å². The third-order valence-corrected chi connectivity index (χ3v) is 3.60. The number of methoxy groups -OCH3 is 1. The summed E-state index contributed by atoms with van der Waals surface area (Å²) in [6.07, 6.45) is 3.52. The molecular weight excluding hydrogens is 328 g/mol. The van der Waals surface area contributed by atoms with E-state index in [0.717, 1.165) is 11.3 Å². The van der Waals surface area contributed by atoms with E-state index < -0.39 is 0 Å². The normalized spacial score (nSPS) is 10.8. The first kappa shape index (κ1) is 16.4. The van der Waals surface area contributed by atoms with E-state index >= 15 is 0 Å². The number of nitrogens with zero attached hydrogens (tertiary/aromatic N) is 4. The number of benzene rings is 1. The average Bonchev–Trinajstić information content (AvgIpc) is 2.97. The van der Waals surface area contributed by atoms with Crippen molar-refractivity contribution in [1.29, 1.82) is 0 Å². The Morgan fingerprint density at radius 3 is 2.75 bits per heavy atom. The van der Waals surface area contributed by atoms with Gasteiger partial charge < -0.3 is 9.47 Å². The van der Waals surface area contributed by atoms with Crippen LogP contribution in [0.4, 0.5) is 0 Å². The number of rotatable bonds is 6. The Hall–Kier alpha value is -2.44. The molecular formula is C17H17ClN4O2. The molecule has 1 aromatic carbocycles. The molecule has 0 saturated carbocycles. The van der Waals surface area contributed by atoms with Crippen LogP contribution in [0.2, 0.25) is 5.02 Å². The van der Waals surface area contributed by atoms with Gasteiger partial charge in [0, 0.05) is 13.3 Å². The molecule has 0 saturated heterocycles. The smallest absolute Gasteiger partial charge is 0.177 e. The summed E-state index contributed by atoms with van der Waals surface area (Å²) in [6, 6.07) is 9.30. The molecule has 0 atom stereocenters. The molecule has 0 aliphatic carbocycles. The lowest BCUT2D eigenvalue weighted by Crippen LogP contribution is -2.07. The second-order valence-corrected chi connectivity index (χ2v) is 5.64. The molecule has 0 aliphatic heterocycles. The van der Waals surface area contributed by atoms with Gasteiger partial charge in [-0.15, -0.1) is 5.10 Å². The van der Waals surface area contributed by atoms with Crippen molar-refractivity contribution in [3.05, 3.63) is 65.0 Å². The van der Waals surface area contributed by atoms with Crippen molar-refractivity contribution >= 4 is 11.6 Å². The van der Waals surface area contributed by atoms with Crippen LogP contribution in [0.3, 0.4) is 0 Å². The molecule has 0 fully saturated rings. The molecule has 2 aromatic heterocycles. The van der Waals surface area contributed by atoms with Crippen molar-refractivity contribution in [1.82, 2.24) is 19.7 Å². The quantitative estimate of drug-likeness (QED) is 0.686. The van der Waals surface area contributed by atoms with Crippen molar-refractivity contribution in [2.75, 3.05) is 7.11 Å². The lowest BCUT2D eigenvalue weighted by Gasteiger charge is -2.09. The average molecular weight is 345 g/mol. The zero-order valence-electron chi connectivity index (χ0n) is 13.4. The number of hydrogen-bond donors (Lipinski definition) is 0. The molecule has 124 valence electrons. The number of aromatic nitrogens is 4. The van der Waals surface area contributed by atoms with Gasteiger partial charge in [0.25, 0.3) is 0 Å². The summed E-state index contributed by atoms with van der Waals surface area (Å²) in [5.74, 6) is 1.83. The first-order valence-electron chi connectivity index (χ1n) is 7.40. The Balaban J connectivity index is 1.90. The van der Waals surface area contributed by atoms with Crippen molar-refractivity contribution in [2.24, 2.45) is 0 Å². The molecule has 0 aliphatic rings. The second-order valence-electron chi connectivity index (χ2n) is 5.23. The summed E-state index contributed by atoms with van der Waals surface area (Å²) < 4.78 is 12.6. The van der Waals surface area contributed by atoms with Crippen molar-refractivity contribution in [3.8, 4) is 11.4 Å². The standard InChI is InChI=1S/C17H17ClN4O2/c1-12-7-13(9-19-8-12)22-17(20-16(21-22)10-23-2)11-24-15-6-4-3-5-14(15)18/h3-9H,10-11H2,1-2H3. The van der Waals surface area contributed by atoms with Crippen LogP contribution in [-0.2, 0) is 18.0 Å². The van der Waals surface area contributed by atoms with Crippen LogP contribution in [0.15, 0.2) is 42.7 Å². The van der Waals surface area contributed by atoms with Crippen LogP contribution in [0.25, 0.3) is 5.69 Å². The molecule has 0 spiro atoms. The minimum absolute atomic E-state index is 0.231. The van der Waals surface area contributed by atoms with E-state index in [1.807, 2.05) is 31.2 Å². The fraction of sp³-hybridized carbons (Fsp3) is 0.235. The molecule has 0 amide bonds. The van der Waals surface area contributed by atoms with Gasteiger partial charge in [0.1, 0.15) is 19.0 Å². The number of ether oxygens (including phenoxy) is 2. The predicted octanol–water partition coefficient (Wildman–Crippen LogP) is 3.35. The lowest BCUT2D eigenvalue weighted by atomic mass is 10.3. The molecule has 0 radical (unpaired) electrons. The molecule has 0 N–H and O–H groups in total. The molecule has 0 bridgehead atoms. The Bertz CT molecular complexity index is 835. The van der Waals surface area contributed by atoms with E-state index in [4.69, 9.17) is 21.1 Å². The highest BCUT2D eigenvalue weighted by atomic mass is 35.5. The van der Waals surface area contributed by atoms with E-state index in [1.165, 1.54) is 0 Å². The van der Waals surface area contributed by atoms with Crippen LogP contribution in [-0.4, -0.2) is 26.9 Å². The van der Waals surface area contributed by atoms with E-state index in [-0.39, 0.29) is 6.61 Å². The van der Waals surface area contributed by atoms with E-state index in [0.29, 0.717) is 29.0 Å². The number of para-hydroxylation sites is 1. The maximum absolute atomic E-state index is 6.13. The van der Waals surface area contributed by atoms with Crippen LogP contribution in [0.1, 0.15) is 17.2 Å². The third-order valence-electron chi connectivity index (χ3n) is 3.29. The largest absolute Gasteiger partial charge is 0.484 e. The molecule has 0 unspecified atom stereocenters. The monoisotopic (exact) mass is 344 g/mol. The topological polar surface area (TPSA) is 62.1 Å². The fourth-order valence-electron chi connectivity index (χ4n) is 2.24. The molecule has 3 rings (SSSR count). The summed E-state index contributed by atoms with van der Waals surface area (Å²) in [5.41, 5.74) is 1.86. The Morgan fingerprint density at radius 2 is 2.00 bits per heavy atom.